The number of aromatic amines is 1. The van der Waals surface area contributed by atoms with Crippen LogP contribution < -0.4 is 4.90 Å². The van der Waals surface area contributed by atoms with Crippen LogP contribution in [0.1, 0.15) is 45.2 Å². The fourth-order valence-electron chi connectivity index (χ4n) is 3.59. The molecule has 0 aliphatic rings. The molecule has 0 aliphatic heterocycles. The molecule has 3 aromatic heterocycles. The van der Waals surface area contributed by atoms with Gasteiger partial charge in [-0.05, 0) is 43.2 Å². The number of allylic oxidation sites excluding steroid dienone is 3. The van der Waals surface area contributed by atoms with Crippen LogP contribution in [0.5, 0.6) is 0 Å². The van der Waals surface area contributed by atoms with Crippen molar-refractivity contribution in [2.75, 3.05) is 19.0 Å². The highest BCUT2D eigenvalue weighted by molar-refractivity contribution is 7.93. The Kier molecular flexibility index (Phi) is 9.10. The van der Waals surface area contributed by atoms with Gasteiger partial charge in [-0.3, -0.25) is 0 Å². The molecule has 0 bridgehead atoms. The lowest BCUT2D eigenvalue weighted by atomic mass is 10.1. The van der Waals surface area contributed by atoms with Crippen molar-refractivity contribution in [3.05, 3.63) is 89.4 Å². The lowest BCUT2D eigenvalue weighted by molar-refractivity contribution is 0.587. The van der Waals surface area contributed by atoms with E-state index in [-0.39, 0.29) is 4.91 Å². The Morgan fingerprint density at radius 1 is 1.11 bits per heavy atom. The van der Waals surface area contributed by atoms with Gasteiger partial charge in [-0.25, -0.2) is 4.98 Å². The van der Waals surface area contributed by atoms with E-state index >= 15 is 0 Å². The summed E-state index contributed by atoms with van der Waals surface area (Å²) in [6, 6.07) is 10.3. The van der Waals surface area contributed by atoms with E-state index in [4.69, 9.17) is 0 Å². The SMILES string of the molecule is C/C=C\C(=C/CC)S(=O)(=O)n1cc(C#Cc2c[nH]c3ncc(-c4ccc(N(C)C)cc4)cc23)cn1.CC. The first kappa shape index (κ1) is 27.5. The number of hydrogen-bond acceptors (Lipinski definition) is 5. The zero-order valence-electron chi connectivity index (χ0n) is 22.1. The summed E-state index contributed by atoms with van der Waals surface area (Å²) in [5, 5.41) is 4.93. The Labute approximate surface area is 219 Å². The highest BCUT2D eigenvalue weighted by atomic mass is 32.2. The van der Waals surface area contributed by atoms with Crippen LogP contribution in [0, 0.1) is 11.8 Å². The van der Waals surface area contributed by atoms with Crippen molar-refractivity contribution in [2.24, 2.45) is 0 Å². The minimum Gasteiger partial charge on any atom is -0.378 e. The van der Waals surface area contributed by atoms with Gasteiger partial charge in [-0.15, -0.1) is 0 Å². The summed E-state index contributed by atoms with van der Waals surface area (Å²) in [6.45, 7) is 7.67. The normalized spacial score (nSPS) is 11.7. The Hall–Kier alpha value is -4.09. The van der Waals surface area contributed by atoms with Gasteiger partial charge in [-0.1, -0.05) is 56.9 Å². The number of aromatic nitrogens is 4. The van der Waals surface area contributed by atoms with Crippen LogP contribution in [0.15, 0.2) is 78.3 Å². The first-order valence-corrected chi connectivity index (χ1v) is 13.7. The molecule has 0 saturated heterocycles. The smallest absolute Gasteiger partial charge is 0.282 e. The second-order valence-electron chi connectivity index (χ2n) is 8.14. The minimum absolute atomic E-state index is 0.207. The molecule has 0 radical (unpaired) electrons. The van der Waals surface area contributed by atoms with E-state index in [1.807, 2.05) is 41.1 Å². The lowest BCUT2D eigenvalue weighted by Gasteiger charge is -2.12. The van der Waals surface area contributed by atoms with Gasteiger partial charge in [0.2, 0.25) is 0 Å². The van der Waals surface area contributed by atoms with Crippen LogP contribution >= 0.6 is 0 Å². The summed E-state index contributed by atoms with van der Waals surface area (Å²) >= 11 is 0. The maximum Gasteiger partial charge on any atom is 0.282 e. The number of benzene rings is 1. The molecule has 0 unspecified atom stereocenters. The number of H-pyrrole nitrogens is 1. The second-order valence-corrected chi connectivity index (χ2v) is 9.93. The molecule has 0 fully saturated rings. The van der Waals surface area contributed by atoms with Gasteiger partial charge in [0.05, 0.1) is 28.4 Å². The van der Waals surface area contributed by atoms with E-state index in [0.29, 0.717) is 12.0 Å². The van der Waals surface area contributed by atoms with E-state index in [1.165, 1.54) is 12.4 Å². The quantitative estimate of drug-likeness (QED) is 0.253. The molecular formula is C29H33N5O2S. The molecule has 4 rings (SSSR count). The number of pyridine rings is 1. The standard InChI is InChI=1S/C27H27N5O2S.C2H6/c1-5-7-25(8-6-2)35(33,34)32-19-20(16-30-32)9-10-22-17-28-27-26(22)15-23(18-29-27)21-11-13-24(14-12-21)31(3)4;1-2/h5,7-8,11-19H,6H2,1-4H3,(H,28,29);1-2H3/b7-5-,25-8+;. The van der Waals surface area contributed by atoms with Gasteiger partial charge in [0.15, 0.2) is 0 Å². The van der Waals surface area contributed by atoms with Crippen LogP contribution in [0.3, 0.4) is 0 Å². The molecule has 0 atom stereocenters. The van der Waals surface area contributed by atoms with Crippen LogP contribution in [-0.4, -0.2) is 41.7 Å². The summed E-state index contributed by atoms with van der Waals surface area (Å²) in [5.41, 5.74) is 5.19. The topological polar surface area (TPSA) is 83.9 Å². The minimum atomic E-state index is -3.76. The van der Waals surface area contributed by atoms with Crippen LogP contribution in [0.25, 0.3) is 22.2 Å². The molecule has 37 heavy (non-hydrogen) atoms. The number of hydrogen-bond donors (Lipinski definition) is 1. The van der Waals surface area contributed by atoms with Gasteiger partial charge in [0.25, 0.3) is 10.0 Å². The Morgan fingerprint density at radius 3 is 2.49 bits per heavy atom. The maximum absolute atomic E-state index is 12.9. The van der Waals surface area contributed by atoms with Crippen molar-refractivity contribution in [2.45, 2.75) is 34.1 Å². The molecule has 4 aromatic rings. The Balaban J connectivity index is 0.00000186. The summed E-state index contributed by atoms with van der Waals surface area (Å²) in [4.78, 5) is 9.95. The Morgan fingerprint density at radius 2 is 1.84 bits per heavy atom. The molecule has 192 valence electrons. The van der Waals surface area contributed by atoms with E-state index in [9.17, 15) is 8.42 Å². The third-order valence-corrected chi connectivity index (χ3v) is 7.02. The number of rotatable bonds is 6. The van der Waals surface area contributed by atoms with Crippen LogP contribution in [0.4, 0.5) is 5.69 Å². The molecule has 0 amide bonds. The molecule has 1 N–H and O–H groups in total. The van der Waals surface area contributed by atoms with E-state index in [1.54, 1.807) is 31.3 Å². The third-order valence-electron chi connectivity index (χ3n) is 5.43. The van der Waals surface area contributed by atoms with Crippen molar-refractivity contribution >= 4 is 26.7 Å². The summed E-state index contributed by atoms with van der Waals surface area (Å²) in [7, 11) is 0.256. The Bertz CT molecular complexity index is 1580. The predicted molar refractivity (Wildman–Crippen MR) is 153 cm³/mol. The monoisotopic (exact) mass is 515 g/mol. The van der Waals surface area contributed by atoms with Crippen LogP contribution in [0.2, 0.25) is 0 Å². The van der Waals surface area contributed by atoms with Crippen molar-refractivity contribution in [3.63, 3.8) is 0 Å². The second kappa shape index (κ2) is 12.2. The number of nitrogens with zero attached hydrogens (tertiary/aromatic N) is 4. The average Bonchev–Trinajstić information content (AvgIpc) is 3.56. The first-order valence-electron chi connectivity index (χ1n) is 12.2. The fourth-order valence-corrected chi connectivity index (χ4v) is 4.91. The van der Waals surface area contributed by atoms with Crippen molar-refractivity contribution < 1.29 is 8.42 Å². The first-order chi connectivity index (χ1) is 17.8. The molecule has 1 aromatic carbocycles. The summed E-state index contributed by atoms with van der Waals surface area (Å²) < 4.78 is 26.7. The number of anilines is 1. The molecule has 8 heteroatoms. The van der Waals surface area contributed by atoms with Crippen LogP contribution in [-0.2, 0) is 10.0 Å². The average molecular weight is 516 g/mol. The highest BCUT2D eigenvalue weighted by Gasteiger charge is 2.18. The lowest BCUT2D eigenvalue weighted by Crippen LogP contribution is -2.14. The third kappa shape index (κ3) is 6.19. The zero-order valence-corrected chi connectivity index (χ0v) is 23.0. The van der Waals surface area contributed by atoms with Crippen molar-refractivity contribution in [1.82, 2.24) is 19.2 Å². The van der Waals surface area contributed by atoms with E-state index in [0.717, 1.165) is 37.5 Å². The van der Waals surface area contributed by atoms with Gasteiger partial charge in [-0.2, -0.15) is 17.6 Å². The van der Waals surface area contributed by atoms with E-state index in [2.05, 4.69) is 62.1 Å². The molecule has 0 aliphatic carbocycles. The molecule has 7 nitrogen and oxygen atoms in total. The molecule has 0 saturated carbocycles. The summed E-state index contributed by atoms with van der Waals surface area (Å²) in [6.07, 6.45) is 12.0. The van der Waals surface area contributed by atoms with Gasteiger partial charge in [0.1, 0.15) is 5.65 Å². The predicted octanol–water partition coefficient (Wildman–Crippen LogP) is 5.97. The molecule has 3 heterocycles. The molecular weight excluding hydrogens is 482 g/mol. The largest absolute Gasteiger partial charge is 0.378 e. The maximum atomic E-state index is 12.9. The van der Waals surface area contributed by atoms with Gasteiger partial charge >= 0.3 is 0 Å². The number of fused-ring (bicyclic) bond motifs is 1. The van der Waals surface area contributed by atoms with Gasteiger partial charge in [0, 0.05) is 43.1 Å². The van der Waals surface area contributed by atoms with Crippen molar-refractivity contribution in [1.29, 1.82) is 0 Å². The zero-order chi connectivity index (χ0) is 27.0. The fraction of sp³-hybridized carbons (Fsp3) is 0.241. The highest BCUT2D eigenvalue weighted by Crippen LogP contribution is 2.26. The van der Waals surface area contributed by atoms with Crippen molar-refractivity contribution in [3.8, 4) is 23.0 Å². The molecule has 0 spiro atoms. The number of nitrogens with one attached hydrogen (secondary N) is 1. The van der Waals surface area contributed by atoms with E-state index < -0.39 is 10.0 Å². The van der Waals surface area contributed by atoms with Gasteiger partial charge < -0.3 is 9.88 Å². The summed E-state index contributed by atoms with van der Waals surface area (Å²) in [5.74, 6) is 6.15.